The monoisotopic (exact) mass is 216 g/mol. The van der Waals surface area contributed by atoms with Gasteiger partial charge in [-0.25, -0.2) is 0 Å². The van der Waals surface area contributed by atoms with Crippen molar-refractivity contribution in [2.75, 3.05) is 0 Å². The van der Waals surface area contributed by atoms with Gasteiger partial charge in [-0.3, -0.25) is 0 Å². The molecule has 0 radical (unpaired) electrons. The predicted octanol–water partition coefficient (Wildman–Crippen LogP) is 3.34. The Labute approximate surface area is 95.5 Å². The van der Waals surface area contributed by atoms with Gasteiger partial charge in [0.05, 0.1) is 0 Å². The van der Waals surface area contributed by atoms with E-state index in [1.54, 1.807) is 0 Å². The first kappa shape index (κ1) is 10.9. The second kappa shape index (κ2) is 3.74. The van der Waals surface area contributed by atoms with Gasteiger partial charge in [-0.1, -0.05) is 38.1 Å². The molecule has 1 aromatic carbocycles. The maximum absolute atomic E-state index is 5.11. The van der Waals surface area contributed by atoms with Gasteiger partial charge in [-0.2, -0.15) is 4.98 Å². The van der Waals surface area contributed by atoms with Crippen molar-refractivity contribution < 1.29 is 4.52 Å². The SMILES string of the molecule is Cc1noc(-c2ccc(C(C)(C)C)cc2)n1. The third-order valence-electron chi connectivity index (χ3n) is 2.53. The van der Waals surface area contributed by atoms with E-state index in [1.807, 2.05) is 19.1 Å². The van der Waals surface area contributed by atoms with Crippen molar-refractivity contribution >= 4 is 0 Å². The molecule has 0 saturated heterocycles. The fourth-order valence-corrected chi connectivity index (χ4v) is 1.53. The van der Waals surface area contributed by atoms with E-state index in [4.69, 9.17) is 4.52 Å². The lowest BCUT2D eigenvalue weighted by Gasteiger charge is -2.18. The molecule has 0 fully saturated rings. The molecule has 0 aliphatic heterocycles. The summed E-state index contributed by atoms with van der Waals surface area (Å²) in [5.74, 6) is 1.24. The Morgan fingerprint density at radius 3 is 2.12 bits per heavy atom. The fourth-order valence-electron chi connectivity index (χ4n) is 1.53. The van der Waals surface area contributed by atoms with Crippen LogP contribution in [0.15, 0.2) is 28.8 Å². The molecule has 2 rings (SSSR count). The molecule has 0 bridgehead atoms. The molecule has 1 heterocycles. The minimum atomic E-state index is 0.170. The third-order valence-corrected chi connectivity index (χ3v) is 2.53. The van der Waals surface area contributed by atoms with Crippen molar-refractivity contribution in [2.45, 2.75) is 33.1 Å². The number of aromatic nitrogens is 2. The second-order valence-electron chi connectivity index (χ2n) is 4.97. The Kier molecular flexibility index (Phi) is 2.54. The van der Waals surface area contributed by atoms with Gasteiger partial charge in [-0.05, 0) is 30.0 Å². The summed E-state index contributed by atoms with van der Waals surface area (Å²) in [4.78, 5) is 4.19. The minimum Gasteiger partial charge on any atom is -0.334 e. The second-order valence-corrected chi connectivity index (χ2v) is 4.97. The lowest BCUT2D eigenvalue weighted by molar-refractivity contribution is 0.425. The summed E-state index contributed by atoms with van der Waals surface area (Å²) in [6.07, 6.45) is 0. The summed E-state index contributed by atoms with van der Waals surface area (Å²) in [7, 11) is 0. The number of nitrogens with zero attached hydrogens (tertiary/aromatic N) is 2. The Balaban J connectivity index is 2.33. The molecule has 0 aliphatic rings. The number of benzene rings is 1. The smallest absolute Gasteiger partial charge is 0.257 e. The van der Waals surface area contributed by atoms with Crippen LogP contribution in [0.3, 0.4) is 0 Å². The fraction of sp³-hybridized carbons (Fsp3) is 0.385. The van der Waals surface area contributed by atoms with Gasteiger partial charge in [0.1, 0.15) is 0 Å². The average molecular weight is 216 g/mol. The Morgan fingerprint density at radius 2 is 1.69 bits per heavy atom. The minimum absolute atomic E-state index is 0.170. The van der Waals surface area contributed by atoms with Gasteiger partial charge in [-0.15, -0.1) is 0 Å². The van der Waals surface area contributed by atoms with Crippen molar-refractivity contribution in [2.24, 2.45) is 0 Å². The Morgan fingerprint density at radius 1 is 1.06 bits per heavy atom. The topological polar surface area (TPSA) is 38.9 Å². The van der Waals surface area contributed by atoms with Crippen LogP contribution in [0.25, 0.3) is 11.5 Å². The predicted molar refractivity (Wildman–Crippen MR) is 63.2 cm³/mol. The maximum atomic E-state index is 5.11. The van der Waals surface area contributed by atoms with E-state index in [2.05, 4.69) is 43.0 Å². The molecule has 0 atom stereocenters. The molecule has 0 aliphatic carbocycles. The van der Waals surface area contributed by atoms with Gasteiger partial charge in [0.15, 0.2) is 5.82 Å². The zero-order valence-electron chi connectivity index (χ0n) is 10.1. The van der Waals surface area contributed by atoms with Crippen LogP contribution in [-0.4, -0.2) is 10.1 Å². The summed E-state index contributed by atoms with van der Waals surface area (Å²) in [5, 5.41) is 3.78. The van der Waals surface area contributed by atoms with Crippen molar-refractivity contribution in [3.63, 3.8) is 0 Å². The van der Waals surface area contributed by atoms with Crippen molar-refractivity contribution in [1.82, 2.24) is 10.1 Å². The van der Waals surface area contributed by atoms with E-state index in [9.17, 15) is 0 Å². The largest absolute Gasteiger partial charge is 0.334 e. The van der Waals surface area contributed by atoms with Crippen LogP contribution in [-0.2, 0) is 5.41 Å². The van der Waals surface area contributed by atoms with Gasteiger partial charge in [0.25, 0.3) is 5.89 Å². The zero-order chi connectivity index (χ0) is 11.8. The van der Waals surface area contributed by atoms with E-state index in [0.29, 0.717) is 11.7 Å². The molecule has 1 aromatic heterocycles. The van der Waals surface area contributed by atoms with Crippen LogP contribution < -0.4 is 0 Å². The van der Waals surface area contributed by atoms with E-state index >= 15 is 0 Å². The molecule has 0 saturated carbocycles. The van der Waals surface area contributed by atoms with Crippen molar-refractivity contribution in [3.8, 4) is 11.5 Å². The summed E-state index contributed by atoms with van der Waals surface area (Å²) < 4.78 is 5.11. The zero-order valence-corrected chi connectivity index (χ0v) is 10.1. The molecule has 0 unspecified atom stereocenters. The van der Waals surface area contributed by atoms with Crippen molar-refractivity contribution in [3.05, 3.63) is 35.7 Å². The summed E-state index contributed by atoms with van der Waals surface area (Å²) in [6, 6.07) is 8.25. The van der Waals surface area contributed by atoms with Gasteiger partial charge in [0.2, 0.25) is 0 Å². The molecule has 3 heteroatoms. The van der Waals surface area contributed by atoms with Gasteiger partial charge < -0.3 is 4.52 Å². The molecule has 0 N–H and O–H groups in total. The van der Waals surface area contributed by atoms with Crippen LogP contribution in [0.5, 0.6) is 0 Å². The maximum Gasteiger partial charge on any atom is 0.257 e. The first-order chi connectivity index (χ1) is 7.47. The van der Waals surface area contributed by atoms with Crippen LogP contribution in [0.1, 0.15) is 32.2 Å². The van der Waals surface area contributed by atoms with Crippen LogP contribution in [0, 0.1) is 6.92 Å². The standard InChI is InChI=1S/C13H16N2O/c1-9-14-12(16-15-9)10-5-7-11(8-6-10)13(2,3)4/h5-8H,1-4H3. The highest BCUT2D eigenvalue weighted by molar-refractivity contribution is 5.53. The summed E-state index contributed by atoms with van der Waals surface area (Å²) >= 11 is 0. The summed E-state index contributed by atoms with van der Waals surface area (Å²) in [5.41, 5.74) is 2.43. The molecule has 0 amide bonds. The highest BCUT2D eigenvalue weighted by atomic mass is 16.5. The molecular weight excluding hydrogens is 200 g/mol. The molecule has 2 aromatic rings. The number of hydrogen-bond donors (Lipinski definition) is 0. The van der Waals surface area contributed by atoms with Crippen LogP contribution in [0.4, 0.5) is 0 Å². The van der Waals surface area contributed by atoms with Crippen molar-refractivity contribution in [1.29, 1.82) is 0 Å². The molecule has 3 nitrogen and oxygen atoms in total. The van der Waals surface area contributed by atoms with E-state index in [0.717, 1.165) is 5.56 Å². The van der Waals surface area contributed by atoms with Gasteiger partial charge in [0, 0.05) is 5.56 Å². The lowest BCUT2D eigenvalue weighted by atomic mass is 9.87. The van der Waals surface area contributed by atoms with E-state index in [1.165, 1.54) is 5.56 Å². The average Bonchev–Trinajstić information content (AvgIpc) is 2.64. The molecule has 0 spiro atoms. The Bertz CT molecular complexity index is 477. The number of aryl methyl sites for hydroxylation is 1. The van der Waals surface area contributed by atoms with Crippen LogP contribution >= 0.6 is 0 Å². The van der Waals surface area contributed by atoms with E-state index in [-0.39, 0.29) is 5.41 Å². The number of rotatable bonds is 1. The molecule has 84 valence electrons. The first-order valence-electron chi connectivity index (χ1n) is 5.38. The number of hydrogen-bond acceptors (Lipinski definition) is 3. The first-order valence-corrected chi connectivity index (χ1v) is 5.38. The Hall–Kier alpha value is -1.64. The third kappa shape index (κ3) is 2.13. The summed E-state index contributed by atoms with van der Waals surface area (Å²) in [6.45, 7) is 8.40. The lowest BCUT2D eigenvalue weighted by Crippen LogP contribution is -2.10. The molecular formula is C13H16N2O. The highest BCUT2D eigenvalue weighted by Crippen LogP contribution is 2.25. The highest BCUT2D eigenvalue weighted by Gasteiger charge is 2.14. The van der Waals surface area contributed by atoms with E-state index < -0.39 is 0 Å². The normalized spacial score (nSPS) is 11.8. The quantitative estimate of drug-likeness (QED) is 0.733. The van der Waals surface area contributed by atoms with Gasteiger partial charge >= 0.3 is 0 Å². The van der Waals surface area contributed by atoms with Crippen LogP contribution in [0.2, 0.25) is 0 Å². The molecule has 16 heavy (non-hydrogen) atoms.